The van der Waals surface area contributed by atoms with Gasteiger partial charge in [0, 0.05) is 18.1 Å². The van der Waals surface area contributed by atoms with Crippen LogP contribution in [0.2, 0.25) is 5.02 Å². The summed E-state index contributed by atoms with van der Waals surface area (Å²) >= 11 is 5.94. The summed E-state index contributed by atoms with van der Waals surface area (Å²) in [5.41, 5.74) is 1.09. The number of hydrogen-bond donors (Lipinski definition) is 2. The van der Waals surface area contributed by atoms with Gasteiger partial charge in [-0.15, -0.1) is 0 Å². The Morgan fingerprint density at radius 1 is 1.48 bits per heavy atom. The fourth-order valence-electron chi connectivity index (χ4n) is 1.98. The predicted molar refractivity (Wildman–Crippen MR) is 81.0 cm³/mol. The highest BCUT2D eigenvalue weighted by Crippen LogP contribution is 2.12. The first kappa shape index (κ1) is 15.3. The lowest BCUT2D eigenvalue weighted by molar-refractivity contribution is 0.237. The van der Waals surface area contributed by atoms with Crippen LogP contribution in [0.4, 0.5) is 4.79 Å². The first-order valence-electron chi connectivity index (χ1n) is 6.66. The Morgan fingerprint density at radius 3 is 2.95 bits per heavy atom. The van der Waals surface area contributed by atoms with E-state index < -0.39 is 0 Å². The van der Waals surface area contributed by atoms with Crippen LogP contribution in [-0.2, 0) is 20.0 Å². The lowest BCUT2D eigenvalue weighted by Crippen LogP contribution is -2.41. The summed E-state index contributed by atoms with van der Waals surface area (Å²) in [7, 11) is 1.78. The molecule has 0 aliphatic heterocycles. The van der Waals surface area contributed by atoms with Crippen LogP contribution in [0.1, 0.15) is 18.3 Å². The molecule has 0 fully saturated rings. The van der Waals surface area contributed by atoms with Crippen LogP contribution in [0, 0.1) is 0 Å². The third-order valence-electron chi connectivity index (χ3n) is 3.02. The maximum Gasteiger partial charge on any atom is 0.315 e. The summed E-state index contributed by atoms with van der Waals surface area (Å²) in [6, 6.07) is 7.39. The number of urea groups is 1. The number of aromatic nitrogens is 3. The first-order valence-corrected chi connectivity index (χ1v) is 7.04. The standard InChI is InChI=1S/C14H18ClN5O/c1-10(6-11-4-3-5-12(15)7-11)19-14(21)16-8-13-17-9-18-20(13)2/h3-5,7,9-10H,6,8H2,1-2H3,(H2,16,19,21)/t10-/m1/s1. The van der Waals surface area contributed by atoms with E-state index in [4.69, 9.17) is 11.6 Å². The Bertz CT molecular complexity index is 613. The molecule has 2 rings (SSSR count). The van der Waals surface area contributed by atoms with Crippen LogP contribution in [-0.4, -0.2) is 26.8 Å². The number of nitrogens with zero attached hydrogens (tertiary/aromatic N) is 3. The highest BCUT2D eigenvalue weighted by Gasteiger charge is 2.09. The maximum absolute atomic E-state index is 11.8. The molecule has 21 heavy (non-hydrogen) atoms. The van der Waals surface area contributed by atoms with Gasteiger partial charge in [-0.05, 0) is 31.0 Å². The van der Waals surface area contributed by atoms with Crippen LogP contribution in [0.25, 0.3) is 0 Å². The Kier molecular flexibility index (Phi) is 5.16. The second-order valence-electron chi connectivity index (χ2n) is 4.86. The quantitative estimate of drug-likeness (QED) is 0.886. The molecule has 1 aromatic carbocycles. The molecule has 0 aliphatic carbocycles. The van der Waals surface area contributed by atoms with E-state index >= 15 is 0 Å². The number of carbonyl (C=O) groups excluding carboxylic acids is 1. The number of aryl methyl sites for hydroxylation is 1. The molecule has 112 valence electrons. The van der Waals surface area contributed by atoms with Gasteiger partial charge in [0.05, 0.1) is 6.54 Å². The van der Waals surface area contributed by atoms with Crippen molar-refractivity contribution in [3.63, 3.8) is 0 Å². The van der Waals surface area contributed by atoms with E-state index in [1.54, 1.807) is 11.7 Å². The molecule has 0 saturated heterocycles. The van der Waals surface area contributed by atoms with E-state index in [2.05, 4.69) is 20.7 Å². The van der Waals surface area contributed by atoms with Crippen molar-refractivity contribution in [2.24, 2.45) is 7.05 Å². The van der Waals surface area contributed by atoms with Gasteiger partial charge < -0.3 is 10.6 Å². The zero-order valence-electron chi connectivity index (χ0n) is 12.0. The Morgan fingerprint density at radius 2 is 2.29 bits per heavy atom. The minimum absolute atomic E-state index is 0.00274. The molecule has 2 amide bonds. The normalized spacial score (nSPS) is 12.0. The zero-order chi connectivity index (χ0) is 15.2. The minimum atomic E-state index is -0.229. The van der Waals surface area contributed by atoms with Crippen molar-refractivity contribution in [1.82, 2.24) is 25.4 Å². The van der Waals surface area contributed by atoms with Crippen molar-refractivity contribution in [2.45, 2.75) is 25.9 Å². The molecule has 2 N–H and O–H groups in total. The average molecular weight is 308 g/mol. The molecule has 0 aliphatic rings. The number of halogens is 1. The molecule has 1 aromatic heterocycles. The molecule has 1 heterocycles. The summed E-state index contributed by atoms with van der Waals surface area (Å²) < 4.78 is 1.62. The van der Waals surface area contributed by atoms with Gasteiger partial charge in [-0.2, -0.15) is 5.10 Å². The van der Waals surface area contributed by atoms with Gasteiger partial charge >= 0.3 is 6.03 Å². The Hall–Kier alpha value is -2.08. The van der Waals surface area contributed by atoms with Crippen molar-refractivity contribution in [1.29, 1.82) is 0 Å². The van der Waals surface area contributed by atoms with Crippen molar-refractivity contribution in [3.8, 4) is 0 Å². The average Bonchev–Trinajstić information content (AvgIpc) is 2.81. The highest BCUT2D eigenvalue weighted by molar-refractivity contribution is 6.30. The largest absolute Gasteiger partial charge is 0.335 e. The molecular formula is C14H18ClN5O. The summed E-state index contributed by atoms with van der Waals surface area (Å²) in [5.74, 6) is 0.702. The molecule has 7 heteroatoms. The van der Waals surface area contributed by atoms with E-state index in [1.807, 2.05) is 31.2 Å². The maximum atomic E-state index is 11.8. The second-order valence-corrected chi connectivity index (χ2v) is 5.30. The van der Waals surface area contributed by atoms with E-state index in [0.717, 1.165) is 12.0 Å². The lowest BCUT2D eigenvalue weighted by atomic mass is 10.1. The van der Waals surface area contributed by atoms with Gasteiger partial charge in [-0.3, -0.25) is 4.68 Å². The number of amides is 2. The fraction of sp³-hybridized carbons (Fsp3) is 0.357. The number of benzene rings is 1. The third-order valence-corrected chi connectivity index (χ3v) is 3.26. The fourth-order valence-corrected chi connectivity index (χ4v) is 2.20. The molecule has 0 saturated carbocycles. The van der Waals surface area contributed by atoms with Gasteiger partial charge in [-0.1, -0.05) is 23.7 Å². The van der Waals surface area contributed by atoms with Gasteiger partial charge in [0.25, 0.3) is 0 Å². The predicted octanol–water partition coefficient (Wildman–Crippen LogP) is 1.90. The van der Waals surface area contributed by atoms with Crippen molar-refractivity contribution < 1.29 is 4.79 Å². The van der Waals surface area contributed by atoms with Gasteiger partial charge in [0.2, 0.25) is 0 Å². The summed E-state index contributed by atoms with van der Waals surface area (Å²) in [5, 5.41) is 10.3. The number of hydrogen-bond acceptors (Lipinski definition) is 3. The summed E-state index contributed by atoms with van der Waals surface area (Å²) in [6.07, 6.45) is 2.18. The van der Waals surface area contributed by atoms with Crippen LogP contribution in [0.5, 0.6) is 0 Å². The minimum Gasteiger partial charge on any atom is -0.335 e. The molecule has 0 radical (unpaired) electrons. The number of nitrogens with one attached hydrogen (secondary N) is 2. The molecule has 0 spiro atoms. The van der Waals surface area contributed by atoms with Crippen LogP contribution >= 0.6 is 11.6 Å². The van der Waals surface area contributed by atoms with Crippen molar-refractivity contribution in [2.75, 3.05) is 0 Å². The summed E-state index contributed by atoms with van der Waals surface area (Å²) in [4.78, 5) is 15.9. The van der Waals surface area contributed by atoms with E-state index in [0.29, 0.717) is 17.4 Å². The molecule has 2 aromatic rings. The van der Waals surface area contributed by atoms with E-state index in [-0.39, 0.29) is 12.1 Å². The van der Waals surface area contributed by atoms with Crippen LogP contribution in [0.15, 0.2) is 30.6 Å². The SMILES string of the molecule is C[C@H](Cc1cccc(Cl)c1)NC(=O)NCc1ncnn1C. The smallest absolute Gasteiger partial charge is 0.315 e. The lowest BCUT2D eigenvalue weighted by Gasteiger charge is -2.14. The molecule has 0 bridgehead atoms. The van der Waals surface area contributed by atoms with Crippen molar-refractivity contribution in [3.05, 3.63) is 47.0 Å². The summed E-state index contributed by atoms with van der Waals surface area (Å²) in [6.45, 7) is 2.29. The monoisotopic (exact) mass is 307 g/mol. The van der Waals surface area contributed by atoms with Crippen LogP contribution in [0.3, 0.4) is 0 Å². The van der Waals surface area contributed by atoms with Gasteiger partial charge in [0.1, 0.15) is 12.2 Å². The topological polar surface area (TPSA) is 71.8 Å². The molecule has 0 unspecified atom stereocenters. The van der Waals surface area contributed by atoms with E-state index in [1.165, 1.54) is 6.33 Å². The van der Waals surface area contributed by atoms with Crippen LogP contribution < -0.4 is 10.6 Å². The highest BCUT2D eigenvalue weighted by atomic mass is 35.5. The van der Waals surface area contributed by atoms with Gasteiger partial charge in [-0.25, -0.2) is 9.78 Å². The molecular weight excluding hydrogens is 290 g/mol. The third kappa shape index (κ3) is 4.75. The number of carbonyl (C=O) groups is 1. The molecule has 6 nitrogen and oxygen atoms in total. The zero-order valence-corrected chi connectivity index (χ0v) is 12.8. The van der Waals surface area contributed by atoms with Gasteiger partial charge in [0.15, 0.2) is 0 Å². The second kappa shape index (κ2) is 7.08. The van der Waals surface area contributed by atoms with Crippen molar-refractivity contribution >= 4 is 17.6 Å². The van der Waals surface area contributed by atoms with E-state index in [9.17, 15) is 4.79 Å². The Balaban J connectivity index is 1.78. The Labute approximate surface area is 128 Å². The molecule has 1 atom stereocenters. The number of rotatable bonds is 5. The first-order chi connectivity index (χ1) is 10.0.